The molecule has 0 aliphatic heterocycles. The molecule has 1 aromatic rings. The molecule has 1 rings (SSSR count). The number of likely N-dealkylation sites (N-methyl/N-ethyl adjacent to an activating group) is 1. The van der Waals surface area contributed by atoms with Gasteiger partial charge in [0.2, 0.25) is 0 Å². The van der Waals surface area contributed by atoms with E-state index in [0.29, 0.717) is 6.54 Å². The third-order valence-electron chi connectivity index (χ3n) is 3.22. The third-order valence-corrected chi connectivity index (χ3v) is 3.22. The number of rotatable bonds is 7. The number of carboxylic acids is 1. The van der Waals surface area contributed by atoms with Crippen molar-refractivity contribution in [3.05, 3.63) is 35.4 Å². The molecule has 0 radical (unpaired) electrons. The molecule has 0 saturated carbocycles. The fourth-order valence-corrected chi connectivity index (χ4v) is 1.90. The highest BCUT2D eigenvalue weighted by atomic mass is 16.4. The molecular formula is C15H23NO2. The monoisotopic (exact) mass is 249 g/mol. The Morgan fingerprint density at radius 1 is 1.28 bits per heavy atom. The Morgan fingerprint density at radius 2 is 1.83 bits per heavy atom. The van der Waals surface area contributed by atoms with E-state index in [-0.39, 0.29) is 5.92 Å². The summed E-state index contributed by atoms with van der Waals surface area (Å²) in [5, 5.41) is 8.85. The number of aryl methyl sites for hydroxylation is 1. The highest BCUT2D eigenvalue weighted by Gasteiger charge is 2.13. The Hall–Kier alpha value is -1.35. The quantitative estimate of drug-likeness (QED) is 0.807. The van der Waals surface area contributed by atoms with Gasteiger partial charge < -0.3 is 10.0 Å². The van der Waals surface area contributed by atoms with E-state index in [1.54, 1.807) is 6.92 Å². The molecule has 3 heteroatoms. The predicted molar refractivity (Wildman–Crippen MR) is 73.8 cm³/mol. The number of benzene rings is 1. The van der Waals surface area contributed by atoms with Gasteiger partial charge in [-0.3, -0.25) is 4.79 Å². The second-order valence-electron chi connectivity index (χ2n) is 4.92. The maximum atomic E-state index is 10.8. The largest absolute Gasteiger partial charge is 0.481 e. The van der Waals surface area contributed by atoms with Gasteiger partial charge in [0, 0.05) is 13.1 Å². The van der Waals surface area contributed by atoms with Crippen molar-refractivity contribution in [1.82, 2.24) is 4.90 Å². The minimum atomic E-state index is -0.728. The van der Waals surface area contributed by atoms with Crippen LogP contribution < -0.4 is 0 Å². The van der Waals surface area contributed by atoms with Crippen molar-refractivity contribution in [2.24, 2.45) is 5.92 Å². The molecule has 3 nitrogen and oxygen atoms in total. The van der Waals surface area contributed by atoms with Crippen molar-refractivity contribution in [2.75, 3.05) is 20.1 Å². The van der Waals surface area contributed by atoms with Crippen LogP contribution in [0.1, 0.15) is 25.0 Å². The van der Waals surface area contributed by atoms with E-state index in [0.717, 1.165) is 19.4 Å². The molecule has 1 atom stereocenters. The number of aliphatic carboxylic acids is 1. The summed E-state index contributed by atoms with van der Waals surface area (Å²) in [6.07, 6.45) is 2.03. The molecule has 0 bridgehead atoms. The molecule has 1 N–H and O–H groups in total. The summed E-state index contributed by atoms with van der Waals surface area (Å²) >= 11 is 0. The number of hydrogen-bond acceptors (Lipinski definition) is 2. The van der Waals surface area contributed by atoms with Crippen molar-refractivity contribution in [3.63, 3.8) is 0 Å². The van der Waals surface area contributed by atoms with E-state index in [1.807, 2.05) is 7.05 Å². The lowest BCUT2D eigenvalue weighted by Gasteiger charge is -2.18. The molecular weight excluding hydrogens is 226 g/mol. The molecule has 100 valence electrons. The van der Waals surface area contributed by atoms with Gasteiger partial charge in [-0.1, -0.05) is 38.1 Å². The van der Waals surface area contributed by atoms with Crippen LogP contribution in [0.15, 0.2) is 24.3 Å². The van der Waals surface area contributed by atoms with E-state index in [1.165, 1.54) is 11.1 Å². The Balaban J connectivity index is 2.37. The van der Waals surface area contributed by atoms with E-state index in [2.05, 4.69) is 36.1 Å². The zero-order chi connectivity index (χ0) is 13.5. The molecule has 0 heterocycles. The summed E-state index contributed by atoms with van der Waals surface area (Å²) in [4.78, 5) is 12.8. The minimum Gasteiger partial charge on any atom is -0.481 e. The Morgan fingerprint density at radius 3 is 2.33 bits per heavy atom. The van der Waals surface area contributed by atoms with E-state index in [4.69, 9.17) is 5.11 Å². The van der Waals surface area contributed by atoms with Crippen molar-refractivity contribution in [3.8, 4) is 0 Å². The average molecular weight is 249 g/mol. The maximum Gasteiger partial charge on any atom is 0.307 e. The van der Waals surface area contributed by atoms with Crippen LogP contribution in [0.5, 0.6) is 0 Å². The van der Waals surface area contributed by atoms with Crippen LogP contribution in [0, 0.1) is 5.92 Å². The zero-order valence-corrected chi connectivity index (χ0v) is 11.5. The summed E-state index contributed by atoms with van der Waals surface area (Å²) < 4.78 is 0. The molecule has 1 aromatic carbocycles. The minimum absolute atomic E-state index is 0.308. The van der Waals surface area contributed by atoms with E-state index >= 15 is 0 Å². The standard InChI is InChI=1S/C15H23NO2/c1-4-13-5-7-14(8-6-13)9-10-16(3)11-12(2)15(17)18/h5-8,12H,4,9-11H2,1-3H3,(H,17,18). The summed E-state index contributed by atoms with van der Waals surface area (Å²) in [7, 11) is 1.97. The number of carboxylic acid groups (broad SMARTS) is 1. The van der Waals surface area contributed by atoms with Crippen LogP contribution in [0.2, 0.25) is 0 Å². The number of nitrogens with zero attached hydrogens (tertiary/aromatic N) is 1. The van der Waals surface area contributed by atoms with Gasteiger partial charge in [0.15, 0.2) is 0 Å². The second-order valence-corrected chi connectivity index (χ2v) is 4.92. The SMILES string of the molecule is CCc1ccc(CCN(C)CC(C)C(=O)O)cc1. The van der Waals surface area contributed by atoms with Gasteiger partial charge in [-0.2, -0.15) is 0 Å². The fraction of sp³-hybridized carbons (Fsp3) is 0.533. The normalized spacial score (nSPS) is 12.7. The van der Waals surface area contributed by atoms with E-state index in [9.17, 15) is 4.79 Å². The average Bonchev–Trinajstić information content (AvgIpc) is 2.36. The summed E-state index contributed by atoms with van der Waals surface area (Å²) in [6, 6.07) is 8.64. The van der Waals surface area contributed by atoms with Crippen molar-refractivity contribution in [1.29, 1.82) is 0 Å². The molecule has 1 unspecified atom stereocenters. The topological polar surface area (TPSA) is 40.5 Å². The van der Waals surface area contributed by atoms with Crippen molar-refractivity contribution in [2.45, 2.75) is 26.7 Å². The lowest BCUT2D eigenvalue weighted by atomic mass is 10.1. The van der Waals surface area contributed by atoms with Gasteiger partial charge in [-0.05, 0) is 31.0 Å². The lowest BCUT2D eigenvalue weighted by Crippen LogP contribution is -2.30. The molecule has 0 fully saturated rings. The van der Waals surface area contributed by atoms with Crippen LogP contribution in [0.25, 0.3) is 0 Å². The molecule has 0 aromatic heterocycles. The lowest BCUT2D eigenvalue weighted by molar-refractivity contribution is -0.141. The molecule has 0 aliphatic rings. The predicted octanol–water partition coefficient (Wildman–Crippen LogP) is 2.44. The zero-order valence-electron chi connectivity index (χ0n) is 11.5. The third kappa shape index (κ3) is 4.88. The second kappa shape index (κ2) is 7.17. The first-order valence-corrected chi connectivity index (χ1v) is 6.52. The Kier molecular flexibility index (Phi) is 5.86. The van der Waals surface area contributed by atoms with Crippen LogP contribution in [0.4, 0.5) is 0 Å². The van der Waals surface area contributed by atoms with Crippen LogP contribution in [-0.4, -0.2) is 36.1 Å². The summed E-state index contributed by atoms with van der Waals surface area (Å²) in [6.45, 7) is 5.39. The van der Waals surface area contributed by atoms with Gasteiger partial charge >= 0.3 is 5.97 Å². The summed E-state index contributed by atoms with van der Waals surface area (Å²) in [5.41, 5.74) is 2.66. The molecule has 0 spiro atoms. The van der Waals surface area contributed by atoms with Crippen LogP contribution in [-0.2, 0) is 17.6 Å². The highest BCUT2D eigenvalue weighted by Crippen LogP contribution is 2.07. The summed E-state index contributed by atoms with van der Waals surface area (Å²) in [5.74, 6) is -1.04. The van der Waals surface area contributed by atoms with Crippen molar-refractivity contribution >= 4 is 5.97 Å². The van der Waals surface area contributed by atoms with E-state index < -0.39 is 5.97 Å². The van der Waals surface area contributed by atoms with Crippen molar-refractivity contribution < 1.29 is 9.90 Å². The van der Waals surface area contributed by atoms with Gasteiger partial charge in [0.1, 0.15) is 0 Å². The molecule has 0 aliphatic carbocycles. The first kappa shape index (κ1) is 14.7. The van der Waals surface area contributed by atoms with Gasteiger partial charge in [0.25, 0.3) is 0 Å². The molecule has 0 saturated heterocycles. The Labute approximate surface area is 109 Å². The first-order valence-electron chi connectivity index (χ1n) is 6.52. The fourth-order valence-electron chi connectivity index (χ4n) is 1.90. The first-order chi connectivity index (χ1) is 8.52. The van der Waals surface area contributed by atoms with Gasteiger partial charge in [-0.25, -0.2) is 0 Å². The number of hydrogen-bond donors (Lipinski definition) is 1. The smallest absolute Gasteiger partial charge is 0.307 e. The Bertz CT molecular complexity index is 373. The maximum absolute atomic E-state index is 10.8. The van der Waals surface area contributed by atoms with Gasteiger partial charge in [0.05, 0.1) is 5.92 Å². The highest BCUT2D eigenvalue weighted by molar-refractivity contribution is 5.69. The molecule has 18 heavy (non-hydrogen) atoms. The molecule has 0 amide bonds. The number of carbonyl (C=O) groups is 1. The van der Waals surface area contributed by atoms with Gasteiger partial charge in [-0.15, -0.1) is 0 Å². The van der Waals surface area contributed by atoms with Crippen LogP contribution >= 0.6 is 0 Å². The van der Waals surface area contributed by atoms with Crippen LogP contribution in [0.3, 0.4) is 0 Å².